The number of aromatic hydroxyl groups is 1. The van der Waals surface area contributed by atoms with Gasteiger partial charge in [-0.2, -0.15) is 0 Å². The molecule has 1 atom stereocenters. The molecule has 5 heteroatoms. The van der Waals surface area contributed by atoms with E-state index in [4.69, 9.17) is 21.4 Å². The lowest BCUT2D eigenvalue weighted by Crippen LogP contribution is -2.13. The van der Waals surface area contributed by atoms with Crippen LogP contribution in [-0.2, 0) is 0 Å². The number of aliphatic hydroxyl groups excluding tert-OH is 1. The fourth-order valence-electron chi connectivity index (χ4n) is 1.72. The van der Waals surface area contributed by atoms with Crippen LogP contribution in [0.15, 0.2) is 48.5 Å². The summed E-state index contributed by atoms with van der Waals surface area (Å²) >= 11 is 5.40. The van der Waals surface area contributed by atoms with Crippen LogP contribution in [0, 0.1) is 0 Å². The molecule has 0 saturated carbocycles. The molecule has 4 nitrogen and oxygen atoms in total. The van der Waals surface area contributed by atoms with Crippen molar-refractivity contribution in [1.82, 2.24) is 0 Å². The van der Waals surface area contributed by atoms with Gasteiger partial charge in [-0.15, -0.1) is 0 Å². The molecule has 0 amide bonds. The number of carbonyl (C=O) groups excluding carboxylic acids is 1. The van der Waals surface area contributed by atoms with Gasteiger partial charge in [0.2, 0.25) is 0 Å². The highest BCUT2D eigenvalue weighted by atomic mass is 35.5. The molecule has 20 heavy (non-hydrogen) atoms. The van der Waals surface area contributed by atoms with E-state index in [2.05, 4.69) is 0 Å². The number of ketones is 1. The predicted molar refractivity (Wildman–Crippen MR) is 75.3 cm³/mol. The summed E-state index contributed by atoms with van der Waals surface area (Å²) in [5.74, 6) is -0.0862. The van der Waals surface area contributed by atoms with Crippen molar-refractivity contribution in [2.45, 2.75) is 5.56 Å². The summed E-state index contributed by atoms with van der Waals surface area (Å²) in [7, 11) is 0. The number of phenols is 1. The van der Waals surface area contributed by atoms with E-state index in [1.807, 2.05) is 6.07 Å². The van der Waals surface area contributed by atoms with E-state index in [1.54, 1.807) is 24.3 Å². The van der Waals surface area contributed by atoms with Gasteiger partial charge in [-0.3, -0.25) is 4.79 Å². The number of hydrogen-bond donors (Lipinski definition) is 2. The number of halogens is 1. The van der Waals surface area contributed by atoms with Crippen LogP contribution >= 0.6 is 11.6 Å². The largest absolute Gasteiger partial charge is 0.508 e. The molecule has 0 saturated heterocycles. The first-order chi connectivity index (χ1) is 9.58. The number of alkyl halides is 1. The van der Waals surface area contributed by atoms with Gasteiger partial charge in [-0.1, -0.05) is 41.9 Å². The van der Waals surface area contributed by atoms with E-state index < -0.39 is 5.56 Å². The van der Waals surface area contributed by atoms with Crippen molar-refractivity contribution < 1.29 is 19.7 Å². The second-order valence-electron chi connectivity index (χ2n) is 4.12. The fourth-order valence-corrected chi connectivity index (χ4v) is 1.78. The van der Waals surface area contributed by atoms with E-state index in [-0.39, 0.29) is 23.9 Å². The molecule has 0 aliphatic heterocycles. The summed E-state index contributed by atoms with van der Waals surface area (Å²) in [6, 6.07) is 12.9. The Labute approximate surface area is 121 Å². The molecular formula is C15H13ClO4. The molecule has 2 aromatic rings. The van der Waals surface area contributed by atoms with Gasteiger partial charge in [-0.25, -0.2) is 0 Å². The first kappa shape index (κ1) is 14.4. The normalized spacial score (nSPS) is 11.9. The highest BCUT2D eigenvalue weighted by Crippen LogP contribution is 2.26. The zero-order chi connectivity index (χ0) is 14.5. The summed E-state index contributed by atoms with van der Waals surface area (Å²) in [5.41, 5.74) is -0.377. The first-order valence-electron chi connectivity index (χ1n) is 5.95. The van der Waals surface area contributed by atoms with Crippen LogP contribution in [-0.4, -0.2) is 28.2 Å². The molecule has 0 fully saturated rings. The predicted octanol–water partition coefficient (Wildman–Crippen LogP) is 2.56. The second kappa shape index (κ2) is 6.41. The zero-order valence-electron chi connectivity index (χ0n) is 10.5. The number of hydrogen-bond acceptors (Lipinski definition) is 4. The van der Waals surface area contributed by atoms with Gasteiger partial charge in [0, 0.05) is 11.6 Å². The molecule has 0 heterocycles. The van der Waals surface area contributed by atoms with Crippen molar-refractivity contribution in [3.63, 3.8) is 0 Å². The standard InChI is InChI=1S/C15H13ClO4/c16-14(18)9-20-13-8-11(17)6-7-12(13)15(19)10-4-2-1-3-5-10/h1-8,14,17-18H,9H2. The average Bonchev–Trinajstić information content (AvgIpc) is 2.45. The summed E-state index contributed by atoms with van der Waals surface area (Å²) in [6.07, 6.45) is 0. The monoisotopic (exact) mass is 292 g/mol. The summed E-state index contributed by atoms with van der Waals surface area (Å²) < 4.78 is 5.26. The third-order valence-corrected chi connectivity index (χ3v) is 2.75. The Balaban J connectivity index is 2.33. The van der Waals surface area contributed by atoms with Crippen molar-refractivity contribution in [2.75, 3.05) is 6.61 Å². The Bertz CT molecular complexity index is 596. The number of rotatable bonds is 5. The van der Waals surface area contributed by atoms with Crippen molar-refractivity contribution >= 4 is 17.4 Å². The van der Waals surface area contributed by atoms with Crippen LogP contribution in [0.2, 0.25) is 0 Å². The Morgan fingerprint density at radius 1 is 1.20 bits per heavy atom. The number of benzene rings is 2. The minimum absolute atomic E-state index is 0.0336. The molecule has 1 unspecified atom stereocenters. The van der Waals surface area contributed by atoms with Crippen LogP contribution in [0.4, 0.5) is 0 Å². The van der Waals surface area contributed by atoms with E-state index >= 15 is 0 Å². The number of carbonyl (C=O) groups is 1. The van der Waals surface area contributed by atoms with Crippen LogP contribution in [0.3, 0.4) is 0 Å². The van der Waals surface area contributed by atoms with Crippen molar-refractivity contribution in [3.05, 3.63) is 59.7 Å². The zero-order valence-corrected chi connectivity index (χ0v) is 11.2. The Morgan fingerprint density at radius 2 is 1.90 bits per heavy atom. The van der Waals surface area contributed by atoms with Gasteiger partial charge in [0.15, 0.2) is 11.3 Å². The quantitative estimate of drug-likeness (QED) is 0.656. The summed E-state index contributed by atoms with van der Waals surface area (Å²) in [6.45, 7) is -0.180. The average molecular weight is 293 g/mol. The maximum absolute atomic E-state index is 12.4. The Morgan fingerprint density at radius 3 is 2.55 bits per heavy atom. The molecule has 2 rings (SSSR count). The molecule has 0 aliphatic rings. The molecule has 0 bridgehead atoms. The smallest absolute Gasteiger partial charge is 0.196 e. The van der Waals surface area contributed by atoms with Gasteiger partial charge >= 0.3 is 0 Å². The Kier molecular flexibility index (Phi) is 4.61. The first-order valence-corrected chi connectivity index (χ1v) is 6.39. The van der Waals surface area contributed by atoms with Crippen LogP contribution < -0.4 is 4.74 Å². The summed E-state index contributed by atoms with van der Waals surface area (Å²) in [4.78, 5) is 12.4. The molecule has 2 aromatic carbocycles. The number of phenolic OH excluding ortho intramolecular Hbond substituents is 1. The third kappa shape index (κ3) is 3.50. The van der Waals surface area contributed by atoms with Gasteiger partial charge < -0.3 is 14.9 Å². The molecular weight excluding hydrogens is 280 g/mol. The second-order valence-corrected chi connectivity index (χ2v) is 4.62. The van der Waals surface area contributed by atoms with Gasteiger partial charge in [0.25, 0.3) is 0 Å². The number of aliphatic hydroxyl groups is 1. The number of ether oxygens (including phenoxy) is 1. The topological polar surface area (TPSA) is 66.8 Å². The summed E-state index contributed by atoms with van der Waals surface area (Å²) in [5, 5.41) is 18.5. The van der Waals surface area contributed by atoms with Gasteiger partial charge in [-0.05, 0) is 12.1 Å². The molecule has 0 aromatic heterocycles. The minimum Gasteiger partial charge on any atom is -0.508 e. The SMILES string of the molecule is O=C(c1ccccc1)c1ccc(O)cc1OCC(O)Cl. The van der Waals surface area contributed by atoms with Crippen LogP contribution in [0.25, 0.3) is 0 Å². The van der Waals surface area contributed by atoms with Crippen molar-refractivity contribution in [3.8, 4) is 11.5 Å². The van der Waals surface area contributed by atoms with Gasteiger partial charge in [0.05, 0.1) is 5.56 Å². The van der Waals surface area contributed by atoms with E-state index in [0.29, 0.717) is 11.1 Å². The lowest BCUT2D eigenvalue weighted by atomic mass is 10.0. The molecule has 0 aliphatic carbocycles. The van der Waals surface area contributed by atoms with Crippen LogP contribution in [0.1, 0.15) is 15.9 Å². The maximum Gasteiger partial charge on any atom is 0.196 e. The highest BCUT2D eigenvalue weighted by molar-refractivity contribution is 6.19. The lowest BCUT2D eigenvalue weighted by molar-refractivity contribution is 0.103. The minimum atomic E-state index is -1.18. The van der Waals surface area contributed by atoms with E-state index in [1.165, 1.54) is 18.2 Å². The van der Waals surface area contributed by atoms with E-state index in [0.717, 1.165) is 0 Å². The van der Waals surface area contributed by atoms with Crippen molar-refractivity contribution in [1.29, 1.82) is 0 Å². The molecule has 0 radical (unpaired) electrons. The van der Waals surface area contributed by atoms with Crippen LogP contribution in [0.5, 0.6) is 11.5 Å². The van der Waals surface area contributed by atoms with E-state index in [9.17, 15) is 9.90 Å². The van der Waals surface area contributed by atoms with Gasteiger partial charge in [0.1, 0.15) is 18.1 Å². The fraction of sp³-hybridized carbons (Fsp3) is 0.133. The van der Waals surface area contributed by atoms with Crippen molar-refractivity contribution in [2.24, 2.45) is 0 Å². The highest BCUT2D eigenvalue weighted by Gasteiger charge is 2.16. The molecule has 0 spiro atoms. The lowest BCUT2D eigenvalue weighted by Gasteiger charge is -2.12. The third-order valence-electron chi connectivity index (χ3n) is 2.62. The molecule has 2 N–H and O–H groups in total. The Hall–Kier alpha value is -2.04. The maximum atomic E-state index is 12.4. The molecule has 104 valence electrons.